The zero-order valence-corrected chi connectivity index (χ0v) is 10.1. The lowest BCUT2D eigenvalue weighted by atomic mass is 10.2. The molecule has 94 valence electrons. The minimum absolute atomic E-state index is 0.0893. The van der Waals surface area contributed by atoms with Gasteiger partial charge in [-0.1, -0.05) is 16.8 Å². The molecule has 0 bridgehead atoms. The average molecular weight is 267 g/mol. The fourth-order valence-corrected chi connectivity index (χ4v) is 2.01. The number of nitrogens with one attached hydrogen (secondary N) is 1. The summed E-state index contributed by atoms with van der Waals surface area (Å²) in [6, 6.07) is 3.36. The highest BCUT2D eigenvalue weighted by Gasteiger charge is 2.28. The van der Waals surface area contributed by atoms with Crippen molar-refractivity contribution in [2.75, 3.05) is 6.54 Å². The number of hydrogen-bond donors (Lipinski definition) is 2. The molecule has 2 atom stereocenters. The quantitative estimate of drug-likeness (QED) is 0.849. The molecule has 0 aromatic carbocycles. The smallest absolute Gasteiger partial charge is 0.244 e. The van der Waals surface area contributed by atoms with E-state index in [1.807, 2.05) is 0 Å². The first kappa shape index (κ1) is 11.6. The molecule has 2 N–H and O–H groups in total. The molecule has 3 rings (SSSR count). The van der Waals surface area contributed by atoms with Gasteiger partial charge in [0, 0.05) is 12.7 Å². The lowest BCUT2D eigenvalue weighted by Crippen LogP contribution is -2.15. The molecule has 0 spiro atoms. The summed E-state index contributed by atoms with van der Waals surface area (Å²) < 4.78 is 5.17. The SMILES string of the molecule is O[C@H]1CN[C@@H](c2nc(-c3ccc(Cl)cn3)no2)C1. The van der Waals surface area contributed by atoms with E-state index >= 15 is 0 Å². The number of rotatable bonds is 2. The van der Waals surface area contributed by atoms with Crippen LogP contribution in [0.1, 0.15) is 18.4 Å². The zero-order chi connectivity index (χ0) is 12.5. The van der Waals surface area contributed by atoms with Crippen molar-refractivity contribution in [3.8, 4) is 11.5 Å². The van der Waals surface area contributed by atoms with Gasteiger partial charge < -0.3 is 14.9 Å². The second-order valence-corrected chi connectivity index (χ2v) is 4.60. The van der Waals surface area contributed by atoms with E-state index in [0.29, 0.717) is 35.4 Å². The zero-order valence-electron chi connectivity index (χ0n) is 9.38. The monoisotopic (exact) mass is 266 g/mol. The Hall–Kier alpha value is -1.50. The van der Waals surface area contributed by atoms with Gasteiger partial charge in [0.25, 0.3) is 0 Å². The summed E-state index contributed by atoms with van der Waals surface area (Å²) in [5, 5.41) is 17.0. The average Bonchev–Trinajstić information content (AvgIpc) is 2.98. The molecule has 18 heavy (non-hydrogen) atoms. The normalized spacial score (nSPS) is 23.4. The summed E-state index contributed by atoms with van der Waals surface area (Å²) >= 11 is 5.76. The van der Waals surface area contributed by atoms with E-state index in [2.05, 4.69) is 20.4 Å². The molecule has 1 aliphatic rings. The van der Waals surface area contributed by atoms with E-state index in [0.717, 1.165) is 0 Å². The van der Waals surface area contributed by atoms with Crippen molar-refractivity contribution in [1.29, 1.82) is 0 Å². The van der Waals surface area contributed by atoms with E-state index in [1.165, 1.54) is 6.20 Å². The summed E-state index contributed by atoms with van der Waals surface area (Å²) in [7, 11) is 0. The molecule has 2 aromatic rings. The van der Waals surface area contributed by atoms with Crippen LogP contribution in [0.25, 0.3) is 11.5 Å². The van der Waals surface area contributed by atoms with Crippen LogP contribution in [-0.4, -0.2) is 32.9 Å². The third-order valence-corrected chi connectivity index (χ3v) is 3.03. The van der Waals surface area contributed by atoms with Gasteiger partial charge in [-0.3, -0.25) is 4.98 Å². The van der Waals surface area contributed by atoms with Crippen molar-refractivity contribution in [1.82, 2.24) is 20.4 Å². The number of hydrogen-bond acceptors (Lipinski definition) is 6. The number of aliphatic hydroxyl groups excluding tert-OH is 1. The van der Waals surface area contributed by atoms with Gasteiger partial charge in [-0.2, -0.15) is 4.98 Å². The lowest BCUT2D eigenvalue weighted by Gasteiger charge is -2.01. The van der Waals surface area contributed by atoms with E-state index in [4.69, 9.17) is 16.1 Å². The molecule has 3 heterocycles. The maximum Gasteiger partial charge on any atom is 0.244 e. The number of aromatic nitrogens is 3. The van der Waals surface area contributed by atoms with Gasteiger partial charge in [-0.05, 0) is 18.6 Å². The molecule has 0 unspecified atom stereocenters. The highest BCUT2D eigenvalue weighted by Crippen LogP contribution is 2.24. The molecular weight excluding hydrogens is 256 g/mol. The molecule has 2 aromatic heterocycles. The Balaban J connectivity index is 1.83. The molecule has 7 heteroatoms. The maximum absolute atomic E-state index is 9.44. The fourth-order valence-electron chi connectivity index (χ4n) is 1.89. The van der Waals surface area contributed by atoms with Crippen molar-refractivity contribution in [3.63, 3.8) is 0 Å². The number of β-amino-alcohol motifs (C(OH)–C–C–N with tert-alkyl or cyclic N) is 1. The van der Waals surface area contributed by atoms with Crippen LogP contribution in [0, 0.1) is 0 Å². The van der Waals surface area contributed by atoms with Gasteiger partial charge in [0.05, 0.1) is 17.2 Å². The van der Waals surface area contributed by atoms with Crippen LogP contribution in [0.2, 0.25) is 5.02 Å². The first-order valence-electron chi connectivity index (χ1n) is 5.59. The van der Waals surface area contributed by atoms with Crippen LogP contribution >= 0.6 is 11.6 Å². The summed E-state index contributed by atoms with van der Waals surface area (Å²) in [4.78, 5) is 8.39. The highest BCUT2D eigenvalue weighted by molar-refractivity contribution is 6.30. The first-order valence-corrected chi connectivity index (χ1v) is 5.97. The topological polar surface area (TPSA) is 84.1 Å². The third-order valence-electron chi connectivity index (χ3n) is 2.80. The molecule has 0 aliphatic carbocycles. The van der Waals surface area contributed by atoms with E-state index < -0.39 is 0 Å². The van der Waals surface area contributed by atoms with Gasteiger partial charge >= 0.3 is 0 Å². The minimum Gasteiger partial charge on any atom is -0.392 e. The minimum atomic E-state index is -0.362. The van der Waals surface area contributed by atoms with Crippen molar-refractivity contribution < 1.29 is 9.63 Å². The van der Waals surface area contributed by atoms with Crippen LogP contribution in [0.3, 0.4) is 0 Å². The Morgan fingerprint density at radius 2 is 2.33 bits per heavy atom. The number of aliphatic hydroxyl groups is 1. The predicted molar refractivity (Wildman–Crippen MR) is 63.9 cm³/mol. The summed E-state index contributed by atoms with van der Waals surface area (Å²) in [6.45, 7) is 0.543. The Morgan fingerprint density at radius 1 is 1.44 bits per heavy atom. The van der Waals surface area contributed by atoms with E-state index in [-0.39, 0.29) is 12.1 Å². The van der Waals surface area contributed by atoms with Crippen LogP contribution in [-0.2, 0) is 0 Å². The summed E-state index contributed by atoms with van der Waals surface area (Å²) in [6.07, 6.45) is 1.75. The third kappa shape index (κ3) is 2.22. The number of halogens is 1. The lowest BCUT2D eigenvalue weighted by molar-refractivity contribution is 0.191. The molecule has 1 fully saturated rings. The first-order chi connectivity index (χ1) is 8.72. The van der Waals surface area contributed by atoms with Gasteiger partial charge in [0.1, 0.15) is 5.69 Å². The Morgan fingerprint density at radius 3 is 3.00 bits per heavy atom. The van der Waals surface area contributed by atoms with Gasteiger partial charge in [-0.15, -0.1) is 0 Å². The number of pyridine rings is 1. The Bertz CT molecular complexity index is 542. The Labute approximate surface area is 108 Å². The Kier molecular flexibility index (Phi) is 2.99. The molecule has 0 saturated carbocycles. The van der Waals surface area contributed by atoms with Crippen molar-refractivity contribution in [3.05, 3.63) is 29.2 Å². The second-order valence-electron chi connectivity index (χ2n) is 4.17. The second kappa shape index (κ2) is 4.64. The predicted octanol–water partition coefficient (Wildman–Crippen LogP) is 1.18. The van der Waals surface area contributed by atoms with Crippen molar-refractivity contribution in [2.45, 2.75) is 18.6 Å². The molecule has 6 nitrogen and oxygen atoms in total. The van der Waals surface area contributed by atoms with E-state index in [9.17, 15) is 5.11 Å². The van der Waals surface area contributed by atoms with Crippen LogP contribution < -0.4 is 5.32 Å². The number of nitrogens with zero attached hydrogens (tertiary/aromatic N) is 3. The molecule has 0 amide bonds. The van der Waals surface area contributed by atoms with Crippen LogP contribution in [0.15, 0.2) is 22.9 Å². The molecule has 1 saturated heterocycles. The van der Waals surface area contributed by atoms with Crippen molar-refractivity contribution >= 4 is 11.6 Å². The van der Waals surface area contributed by atoms with Crippen LogP contribution in [0.4, 0.5) is 0 Å². The van der Waals surface area contributed by atoms with E-state index in [1.54, 1.807) is 12.1 Å². The fraction of sp³-hybridized carbons (Fsp3) is 0.364. The van der Waals surface area contributed by atoms with Gasteiger partial charge in [0.15, 0.2) is 0 Å². The summed E-state index contributed by atoms with van der Waals surface area (Å²) in [5.74, 6) is 0.892. The largest absolute Gasteiger partial charge is 0.392 e. The maximum atomic E-state index is 9.44. The van der Waals surface area contributed by atoms with Gasteiger partial charge in [0.2, 0.25) is 11.7 Å². The standard InChI is InChI=1S/C11H11ClN4O2/c12-6-1-2-8(13-4-6)10-15-11(18-16-10)9-3-7(17)5-14-9/h1-2,4,7,9,14,17H,3,5H2/t7-,9-/m1/s1. The van der Waals surface area contributed by atoms with Crippen molar-refractivity contribution in [2.24, 2.45) is 0 Å². The molecular formula is C11H11ClN4O2. The summed E-state index contributed by atoms with van der Waals surface area (Å²) in [5.41, 5.74) is 0.605. The van der Waals surface area contributed by atoms with Crippen LogP contribution in [0.5, 0.6) is 0 Å². The highest BCUT2D eigenvalue weighted by atomic mass is 35.5. The molecule has 0 radical (unpaired) electrons. The van der Waals surface area contributed by atoms with Gasteiger partial charge in [-0.25, -0.2) is 0 Å². The molecule has 1 aliphatic heterocycles.